The van der Waals surface area contributed by atoms with Gasteiger partial charge in [0.25, 0.3) is 0 Å². The molecule has 0 aromatic carbocycles. The van der Waals surface area contributed by atoms with Crippen LogP contribution < -0.4 is 0 Å². The standard InChI is InChI=1S/C14H23NO2/c1-17-14-6-5-12(9-14)15-10-3-2-4-11(15)8-13(16)7-10/h10-12,14H,2-9H2,1H3. The van der Waals surface area contributed by atoms with Crippen LogP contribution in [0.1, 0.15) is 51.4 Å². The van der Waals surface area contributed by atoms with Crippen molar-refractivity contribution in [3.05, 3.63) is 0 Å². The van der Waals surface area contributed by atoms with E-state index in [2.05, 4.69) is 4.90 Å². The quantitative estimate of drug-likeness (QED) is 0.737. The van der Waals surface area contributed by atoms with Crippen molar-refractivity contribution in [3.63, 3.8) is 0 Å². The normalized spacial score (nSPS) is 43.0. The first kappa shape index (κ1) is 11.7. The van der Waals surface area contributed by atoms with E-state index >= 15 is 0 Å². The second-order valence-corrected chi connectivity index (χ2v) is 5.96. The van der Waals surface area contributed by atoms with E-state index in [0.717, 1.165) is 12.8 Å². The van der Waals surface area contributed by atoms with Gasteiger partial charge in [-0.1, -0.05) is 6.42 Å². The van der Waals surface area contributed by atoms with Gasteiger partial charge in [0, 0.05) is 38.1 Å². The highest BCUT2D eigenvalue weighted by Gasteiger charge is 2.43. The number of carbonyl (C=O) groups excluding carboxylic acids is 1. The van der Waals surface area contributed by atoms with E-state index in [1.807, 2.05) is 7.11 Å². The lowest BCUT2D eigenvalue weighted by Gasteiger charge is -2.48. The summed E-state index contributed by atoms with van der Waals surface area (Å²) in [6.45, 7) is 0. The van der Waals surface area contributed by atoms with Crippen molar-refractivity contribution in [3.8, 4) is 0 Å². The molecule has 1 aliphatic carbocycles. The summed E-state index contributed by atoms with van der Waals surface area (Å²) in [6.07, 6.45) is 9.50. The van der Waals surface area contributed by atoms with Gasteiger partial charge in [0.1, 0.15) is 5.78 Å². The van der Waals surface area contributed by atoms with E-state index in [0.29, 0.717) is 30.0 Å². The van der Waals surface area contributed by atoms with Gasteiger partial charge in [-0.25, -0.2) is 0 Å². The Kier molecular flexibility index (Phi) is 3.22. The Bertz CT molecular complexity index is 289. The zero-order chi connectivity index (χ0) is 11.8. The van der Waals surface area contributed by atoms with Crippen LogP contribution in [-0.4, -0.2) is 42.0 Å². The van der Waals surface area contributed by atoms with E-state index in [1.165, 1.54) is 38.5 Å². The largest absolute Gasteiger partial charge is 0.381 e. The van der Waals surface area contributed by atoms with Gasteiger partial charge in [0.05, 0.1) is 6.10 Å². The number of fused-ring (bicyclic) bond motifs is 2. The van der Waals surface area contributed by atoms with Crippen LogP contribution in [0.4, 0.5) is 0 Å². The Morgan fingerprint density at radius 3 is 2.35 bits per heavy atom. The third kappa shape index (κ3) is 2.15. The van der Waals surface area contributed by atoms with Gasteiger partial charge in [0.2, 0.25) is 0 Å². The molecule has 0 N–H and O–H groups in total. The lowest BCUT2D eigenvalue weighted by Crippen LogP contribution is -2.56. The highest BCUT2D eigenvalue weighted by molar-refractivity contribution is 5.80. The SMILES string of the molecule is COC1CCC(N2C3CCCC2CC(=O)C3)C1. The van der Waals surface area contributed by atoms with Crippen LogP contribution >= 0.6 is 0 Å². The number of hydrogen-bond donors (Lipinski definition) is 0. The van der Waals surface area contributed by atoms with Gasteiger partial charge in [0.15, 0.2) is 0 Å². The fourth-order valence-electron chi connectivity index (χ4n) is 4.21. The van der Waals surface area contributed by atoms with E-state index in [9.17, 15) is 4.79 Å². The maximum atomic E-state index is 11.7. The molecule has 0 aromatic heterocycles. The first-order valence-electron chi connectivity index (χ1n) is 7.10. The molecular weight excluding hydrogens is 214 g/mol. The molecule has 0 aromatic rings. The predicted octanol–water partition coefficient (Wildman–Crippen LogP) is 2.14. The van der Waals surface area contributed by atoms with Gasteiger partial charge in [-0.3, -0.25) is 9.69 Å². The molecule has 4 atom stereocenters. The summed E-state index contributed by atoms with van der Waals surface area (Å²) < 4.78 is 5.48. The van der Waals surface area contributed by atoms with Crippen LogP contribution in [0.25, 0.3) is 0 Å². The minimum absolute atomic E-state index is 0.457. The summed E-state index contributed by atoms with van der Waals surface area (Å²) in [5.41, 5.74) is 0. The van der Waals surface area contributed by atoms with Crippen LogP contribution in [0, 0.1) is 0 Å². The lowest BCUT2D eigenvalue weighted by molar-refractivity contribution is -0.128. The Hall–Kier alpha value is -0.410. The third-order valence-corrected chi connectivity index (χ3v) is 4.96. The molecule has 3 nitrogen and oxygen atoms in total. The Balaban J connectivity index is 1.72. The molecule has 1 saturated carbocycles. The van der Waals surface area contributed by atoms with Gasteiger partial charge in [-0.2, -0.15) is 0 Å². The lowest BCUT2D eigenvalue weighted by atomic mass is 9.82. The number of nitrogens with zero attached hydrogens (tertiary/aromatic N) is 1. The van der Waals surface area contributed by atoms with Crippen LogP contribution in [0.3, 0.4) is 0 Å². The van der Waals surface area contributed by atoms with Crippen LogP contribution in [0.5, 0.6) is 0 Å². The summed E-state index contributed by atoms with van der Waals surface area (Å²) in [5.74, 6) is 0.497. The van der Waals surface area contributed by atoms with Crippen molar-refractivity contribution in [1.29, 1.82) is 0 Å². The number of ketones is 1. The first-order valence-corrected chi connectivity index (χ1v) is 7.10. The van der Waals surface area contributed by atoms with Crippen molar-refractivity contribution in [2.75, 3.05) is 7.11 Å². The summed E-state index contributed by atoms with van der Waals surface area (Å²) in [5, 5.41) is 0. The van der Waals surface area contributed by atoms with Gasteiger partial charge < -0.3 is 4.74 Å². The van der Waals surface area contributed by atoms with Crippen molar-refractivity contribution in [2.45, 2.75) is 75.6 Å². The summed E-state index contributed by atoms with van der Waals surface area (Å²) >= 11 is 0. The molecule has 17 heavy (non-hydrogen) atoms. The van der Waals surface area contributed by atoms with Gasteiger partial charge in [-0.15, -0.1) is 0 Å². The molecule has 0 amide bonds. The van der Waals surface area contributed by atoms with E-state index in [4.69, 9.17) is 4.74 Å². The molecule has 96 valence electrons. The van der Waals surface area contributed by atoms with E-state index in [1.54, 1.807) is 0 Å². The fraction of sp³-hybridized carbons (Fsp3) is 0.929. The molecule has 2 bridgehead atoms. The highest BCUT2D eigenvalue weighted by Crippen LogP contribution is 2.38. The average Bonchev–Trinajstić information content (AvgIpc) is 2.76. The molecule has 3 fully saturated rings. The second kappa shape index (κ2) is 4.69. The minimum Gasteiger partial charge on any atom is -0.381 e. The number of Topliss-reactive ketones (excluding diaryl/α,β-unsaturated/α-hetero) is 1. The van der Waals surface area contributed by atoms with Crippen molar-refractivity contribution in [2.24, 2.45) is 0 Å². The van der Waals surface area contributed by atoms with Crippen molar-refractivity contribution in [1.82, 2.24) is 4.90 Å². The number of ether oxygens (including phenoxy) is 1. The molecule has 2 saturated heterocycles. The molecular formula is C14H23NO2. The maximum Gasteiger partial charge on any atom is 0.136 e. The van der Waals surface area contributed by atoms with Crippen molar-refractivity contribution < 1.29 is 9.53 Å². The number of rotatable bonds is 2. The number of methoxy groups -OCH3 is 1. The van der Waals surface area contributed by atoms with E-state index in [-0.39, 0.29) is 0 Å². The Morgan fingerprint density at radius 1 is 1.06 bits per heavy atom. The third-order valence-electron chi connectivity index (χ3n) is 4.96. The molecule has 2 aliphatic heterocycles. The number of piperidine rings is 2. The predicted molar refractivity (Wildman–Crippen MR) is 65.9 cm³/mol. The monoisotopic (exact) mass is 237 g/mol. The van der Waals surface area contributed by atoms with E-state index < -0.39 is 0 Å². The summed E-state index contributed by atoms with van der Waals surface area (Å²) in [7, 11) is 1.83. The second-order valence-electron chi connectivity index (χ2n) is 5.96. The molecule has 0 spiro atoms. The topological polar surface area (TPSA) is 29.5 Å². The smallest absolute Gasteiger partial charge is 0.136 e. The molecule has 3 aliphatic rings. The molecule has 0 radical (unpaired) electrons. The molecule has 4 unspecified atom stereocenters. The number of hydrogen-bond acceptors (Lipinski definition) is 3. The van der Waals surface area contributed by atoms with Crippen LogP contribution in [-0.2, 0) is 9.53 Å². The van der Waals surface area contributed by atoms with Crippen LogP contribution in [0.15, 0.2) is 0 Å². The fourth-order valence-corrected chi connectivity index (χ4v) is 4.21. The molecule has 2 heterocycles. The van der Waals surface area contributed by atoms with Crippen LogP contribution in [0.2, 0.25) is 0 Å². The average molecular weight is 237 g/mol. The summed E-state index contributed by atoms with van der Waals surface area (Å²) in [6, 6.07) is 1.79. The zero-order valence-corrected chi connectivity index (χ0v) is 10.7. The maximum absolute atomic E-state index is 11.7. The van der Waals surface area contributed by atoms with Gasteiger partial charge >= 0.3 is 0 Å². The Labute approximate surface area is 104 Å². The minimum atomic E-state index is 0.457. The van der Waals surface area contributed by atoms with Crippen molar-refractivity contribution >= 4 is 5.78 Å². The first-order chi connectivity index (χ1) is 8.28. The zero-order valence-electron chi connectivity index (χ0n) is 10.7. The molecule has 3 heteroatoms. The molecule has 3 rings (SSSR count). The number of carbonyl (C=O) groups is 1. The Morgan fingerprint density at radius 2 is 1.76 bits per heavy atom. The highest BCUT2D eigenvalue weighted by atomic mass is 16.5. The summed E-state index contributed by atoms with van der Waals surface area (Å²) in [4.78, 5) is 14.4. The van der Waals surface area contributed by atoms with Gasteiger partial charge in [-0.05, 0) is 32.1 Å².